The van der Waals surface area contributed by atoms with Crippen LogP contribution < -0.4 is 0 Å². The van der Waals surface area contributed by atoms with Crippen molar-refractivity contribution in [1.82, 2.24) is 4.90 Å². The van der Waals surface area contributed by atoms with E-state index < -0.39 is 6.10 Å². The minimum Gasteiger partial charge on any atom is -0.363 e. The molecule has 0 aliphatic carbocycles. The highest BCUT2D eigenvalue weighted by Gasteiger charge is 2.36. The molecule has 1 saturated heterocycles. The fraction of sp³-hybridized carbons (Fsp3) is 0.333. The number of amides is 2. The predicted molar refractivity (Wildman–Crippen MR) is 57.4 cm³/mol. The third-order valence-electron chi connectivity index (χ3n) is 2.63. The van der Waals surface area contributed by atoms with Crippen LogP contribution in [0.15, 0.2) is 30.3 Å². The van der Waals surface area contributed by atoms with Crippen LogP contribution in [0.1, 0.15) is 12.0 Å². The number of imide groups is 1. The molecular formula is C12H13NO3. The van der Waals surface area contributed by atoms with Crippen molar-refractivity contribution in [2.75, 3.05) is 7.05 Å². The first-order valence-corrected chi connectivity index (χ1v) is 5.14. The molecule has 1 heterocycles. The lowest BCUT2D eigenvalue weighted by Crippen LogP contribution is -2.28. The molecule has 0 N–H and O–H groups in total. The van der Waals surface area contributed by atoms with Gasteiger partial charge in [-0.2, -0.15) is 0 Å². The van der Waals surface area contributed by atoms with Crippen molar-refractivity contribution in [3.63, 3.8) is 0 Å². The summed E-state index contributed by atoms with van der Waals surface area (Å²) in [7, 11) is 1.48. The van der Waals surface area contributed by atoms with Crippen LogP contribution >= 0.6 is 0 Å². The van der Waals surface area contributed by atoms with Crippen molar-refractivity contribution < 1.29 is 14.3 Å². The topological polar surface area (TPSA) is 46.6 Å². The number of hydrogen-bond donors (Lipinski definition) is 0. The Balaban J connectivity index is 1.92. The van der Waals surface area contributed by atoms with Crippen LogP contribution in [0.3, 0.4) is 0 Å². The van der Waals surface area contributed by atoms with Gasteiger partial charge in [-0.05, 0) is 5.56 Å². The summed E-state index contributed by atoms with van der Waals surface area (Å²) in [5.41, 5.74) is 0.998. The van der Waals surface area contributed by atoms with Crippen molar-refractivity contribution >= 4 is 11.8 Å². The molecule has 4 heteroatoms. The van der Waals surface area contributed by atoms with Crippen LogP contribution in [-0.2, 0) is 20.9 Å². The molecular weight excluding hydrogens is 206 g/mol. The second kappa shape index (κ2) is 4.45. The lowest BCUT2D eigenvalue weighted by atomic mass is 10.2. The molecule has 4 nitrogen and oxygen atoms in total. The Morgan fingerprint density at radius 1 is 1.31 bits per heavy atom. The highest BCUT2D eigenvalue weighted by Crippen LogP contribution is 2.15. The minimum absolute atomic E-state index is 0.155. The molecule has 1 aromatic rings. The van der Waals surface area contributed by atoms with Crippen LogP contribution in [0, 0.1) is 0 Å². The Labute approximate surface area is 93.8 Å². The maximum Gasteiger partial charge on any atom is 0.258 e. The fourth-order valence-electron chi connectivity index (χ4n) is 1.62. The van der Waals surface area contributed by atoms with Crippen LogP contribution in [0.2, 0.25) is 0 Å². The highest BCUT2D eigenvalue weighted by molar-refractivity contribution is 6.04. The Morgan fingerprint density at radius 3 is 2.56 bits per heavy atom. The fourth-order valence-corrected chi connectivity index (χ4v) is 1.62. The molecule has 0 radical (unpaired) electrons. The number of carbonyl (C=O) groups is 2. The number of benzene rings is 1. The maximum absolute atomic E-state index is 11.5. The van der Waals surface area contributed by atoms with Gasteiger partial charge in [0.2, 0.25) is 5.91 Å². The zero-order valence-corrected chi connectivity index (χ0v) is 9.05. The first-order chi connectivity index (χ1) is 7.68. The number of rotatable bonds is 3. The van der Waals surface area contributed by atoms with Crippen molar-refractivity contribution in [1.29, 1.82) is 0 Å². The van der Waals surface area contributed by atoms with E-state index in [1.807, 2.05) is 30.3 Å². The summed E-state index contributed by atoms with van der Waals surface area (Å²) in [5.74, 6) is -0.427. The van der Waals surface area contributed by atoms with Gasteiger partial charge in [0.15, 0.2) is 0 Å². The lowest BCUT2D eigenvalue weighted by Gasteiger charge is -2.10. The van der Waals surface area contributed by atoms with Gasteiger partial charge in [0.25, 0.3) is 5.91 Å². The first kappa shape index (κ1) is 10.8. The van der Waals surface area contributed by atoms with Crippen LogP contribution in [-0.4, -0.2) is 29.9 Å². The third-order valence-corrected chi connectivity index (χ3v) is 2.63. The summed E-state index contributed by atoms with van der Waals surface area (Å²) in [5, 5.41) is 0. The zero-order chi connectivity index (χ0) is 11.5. The second-order valence-corrected chi connectivity index (χ2v) is 3.78. The van der Waals surface area contributed by atoms with E-state index in [4.69, 9.17) is 4.74 Å². The standard InChI is InChI=1S/C12H13NO3/c1-13-11(14)7-10(12(13)15)16-8-9-5-3-2-4-6-9/h2-6,10H,7-8H2,1H3/t10-/m0/s1. The van der Waals surface area contributed by atoms with E-state index in [2.05, 4.69) is 0 Å². The van der Waals surface area contributed by atoms with Crippen molar-refractivity contribution in [2.24, 2.45) is 0 Å². The first-order valence-electron chi connectivity index (χ1n) is 5.14. The van der Waals surface area contributed by atoms with Crippen molar-refractivity contribution in [3.05, 3.63) is 35.9 Å². The summed E-state index contributed by atoms with van der Waals surface area (Å²) in [6.45, 7) is 0.359. The summed E-state index contributed by atoms with van der Waals surface area (Å²) in [6, 6.07) is 9.58. The third kappa shape index (κ3) is 2.12. The summed E-state index contributed by atoms with van der Waals surface area (Å²) < 4.78 is 5.43. The monoisotopic (exact) mass is 219 g/mol. The average Bonchev–Trinajstić information content (AvgIpc) is 2.56. The highest BCUT2D eigenvalue weighted by atomic mass is 16.5. The molecule has 2 amide bonds. The minimum atomic E-state index is -0.613. The second-order valence-electron chi connectivity index (χ2n) is 3.78. The Hall–Kier alpha value is -1.68. The molecule has 0 aromatic heterocycles. The Kier molecular flexibility index (Phi) is 3.01. The molecule has 0 saturated carbocycles. The van der Waals surface area contributed by atoms with Gasteiger partial charge in [-0.15, -0.1) is 0 Å². The summed E-state index contributed by atoms with van der Waals surface area (Å²) in [4.78, 5) is 23.9. The Bertz CT molecular complexity index is 402. The van der Waals surface area contributed by atoms with Gasteiger partial charge in [-0.1, -0.05) is 30.3 Å². The average molecular weight is 219 g/mol. The van der Waals surface area contributed by atoms with Gasteiger partial charge in [0.1, 0.15) is 6.10 Å². The number of likely N-dealkylation sites (N-methyl/N-ethyl adjacent to an activating group) is 1. The van der Waals surface area contributed by atoms with Crippen LogP contribution in [0.4, 0.5) is 0 Å². The number of nitrogens with zero attached hydrogens (tertiary/aromatic N) is 1. The van der Waals surface area contributed by atoms with E-state index in [9.17, 15) is 9.59 Å². The SMILES string of the molecule is CN1C(=O)C[C@H](OCc2ccccc2)C1=O. The van der Waals surface area contributed by atoms with Crippen LogP contribution in [0.25, 0.3) is 0 Å². The van der Waals surface area contributed by atoms with Gasteiger partial charge in [-0.25, -0.2) is 0 Å². The lowest BCUT2D eigenvalue weighted by molar-refractivity contribution is -0.140. The van der Waals surface area contributed by atoms with Crippen molar-refractivity contribution in [2.45, 2.75) is 19.1 Å². The van der Waals surface area contributed by atoms with Crippen molar-refractivity contribution in [3.8, 4) is 0 Å². The predicted octanol–water partition coefficient (Wildman–Crippen LogP) is 0.960. The van der Waals surface area contributed by atoms with Gasteiger partial charge in [0, 0.05) is 7.05 Å². The van der Waals surface area contributed by atoms with E-state index in [1.165, 1.54) is 7.05 Å². The molecule has 16 heavy (non-hydrogen) atoms. The number of hydrogen-bond acceptors (Lipinski definition) is 3. The van der Waals surface area contributed by atoms with Crippen LogP contribution in [0.5, 0.6) is 0 Å². The van der Waals surface area contributed by atoms with Gasteiger partial charge in [-0.3, -0.25) is 14.5 Å². The molecule has 0 bridgehead atoms. The van der Waals surface area contributed by atoms with E-state index in [0.717, 1.165) is 10.5 Å². The number of carbonyl (C=O) groups excluding carboxylic acids is 2. The smallest absolute Gasteiger partial charge is 0.258 e. The molecule has 1 aliphatic rings. The molecule has 1 fully saturated rings. The normalized spacial score (nSPS) is 20.6. The number of ether oxygens (including phenoxy) is 1. The molecule has 1 aliphatic heterocycles. The largest absolute Gasteiger partial charge is 0.363 e. The zero-order valence-electron chi connectivity index (χ0n) is 9.05. The number of likely N-dealkylation sites (tertiary alicyclic amines) is 1. The molecule has 1 aromatic carbocycles. The van der Waals surface area contributed by atoms with Gasteiger partial charge in [0.05, 0.1) is 13.0 Å². The van der Waals surface area contributed by atoms with E-state index >= 15 is 0 Å². The molecule has 1 atom stereocenters. The van der Waals surface area contributed by atoms with Gasteiger partial charge >= 0.3 is 0 Å². The van der Waals surface area contributed by atoms with E-state index in [-0.39, 0.29) is 18.2 Å². The molecule has 2 rings (SSSR count). The Morgan fingerprint density at radius 2 is 2.00 bits per heavy atom. The molecule has 0 spiro atoms. The molecule has 0 unspecified atom stereocenters. The quantitative estimate of drug-likeness (QED) is 0.711. The van der Waals surface area contributed by atoms with E-state index in [1.54, 1.807) is 0 Å². The van der Waals surface area contributed by atoms with Gasteiger partial charge < -0.3 is 4.74 Å². The maximum atomic E-state index is 11.5. The van der Waals surface area contributed by atoms with E-state index in [0.29, 0.717) is 6.61 Å². The summed E-state index contributed by atoms with van der Waals surface area (Å²) in [6.07, 6.45) is -0.458. The molecule has 84 valence electrons. The summed E-state index contributed by atoms with van der Waals surface area (Å²) >= 11 is 0.